The summed E-state index contributed by atoms with van der Waals surface area (Å²) in [7, 11) is 0. The van der Waals surface area contributed by atoms with E-state index in [9.17, 15) is 24.0 Å². The lowest BCUT2D eigenvalue weighted by Crippen LogP contribution is -2.74. The van der Waals surface area contributed by atoms with Crippen molar-refractivity contribution in [2.75, 3.05) is 19.6 Å². The highest BCUT2D eigenvalue weighted by Gasteiger charge is 2.60. The van der Waals surface area contributed by atoms with Crippen molar-refractivity contribution in [3.8, 4) is 0 Å². The Kier molecular flexibility index (Phi) is 8.02. The van der Waals surface area contributed by atoms with Gasteiger partial charge in [0.15, 0.2) is 5.69 Å². The maximum atomic E-state index is 13.5. The maximum Gasteiger partial charge on any atom is 0.302 e. The van der Waals surface area contributed by atoms with Crippen LogP contribution in [0, 0.1) is 12.8 Å². The quantitative estimate of drug-likeness (QED) is 0.329. The van der Waals surface area contributed by atoms with Gasteiger partial charge in [-0.15, -0.1) is 5.10 Å². The third-order valence-electron chi connectivity index (χ3n) is 7.99. The summed E-state index contributed by atoms with van der Waals surface area (Å²) in [6.45, 7) is 5.50. The van der Waals surface area contributed by atoms with E-state index in [1.54, 1.807) is 9.58 Å². The molecule has 38 heavy (non-hydrogen) atoms. The average molecular weight is 532 g/mol. The van der Waals surface area contributed by atoms with Crippen LogP contribution in [0.4, 0.5) is 0 Å². The fraction of sp³-hybridized carbons (Fsp3) is 0.720. The van der Waals surface area contributed by atoms with E-state index in [0.717, 1.165) is 19.4 Å². The number of primary amides is 1. The third kappa shape index (κ3) is 5.37. The second-order valence-electron chi connectivity index (χ2n) is 10.7. The second-order valence-corrected chi connectivity index (χ2v) is 10.7. The van der Waals surface area contributed by atoms with Gasteiger partial charge in [0.25, 0.3) is 11.8 Å². The van der Waals surface area contributed by atoms with Crippen molar-refractivity contribution in [1.29, 1.82) is 0 Å². The summed E-state index contributed by atoms with van der Waals surface area (Å²) < 4.78 is 6.76. The number of ether oxygens (including phenoxy) is 1. The number of β-lactam (4-membered cyclic amide) rings is 1. The molecule has 1 aromatic heterocycles. The van der Waals surface area contributed by atoms with Crippen molar-refractivity contribution >= 4 is 29.6 Å². The van der Waals surface area contributed by atoms with Gasteiger partial charge in [0, 0.05) is 20.0 Å². The van der Waals surface area contributed by atoms with E-state index in [2.05, 4.69) is 15.6 Å². The predicted octanol–water partition coefficient (Wildman–Crippen LogP) is -0.0945. The Morgan fingerprint density at radius 3 is 2.53 bits per heavy atom. The Morgan fingerprint density at radius 2 is 1.89 bits per heavy atom. The van der Waals surface area contributed by atoms with Crippen molar-refractivity contribution in [2.45, 2.75) is 89.9 Å². The van der Waals surface area contributed by atoms with Crippen molar-refractivity contribution in [3.05, 3.63) is 11.4 Å². The van der Waals surface area contributed by atoms with E-state index in [4.69, 9.17) is 10.5 Å². The maximum absolute atomic E-state index is 13.5. The molecule has 1 saturated carbocycles. The molecule has 0 radical (unpaired) electrons. The summed E-state index contributed by atoms with van der Waals surface area (Å²) in [6.07, 6.45) is 6.19. The molecule has 3 aliphatic rings. The highest BCUT2D eigenvalue weighted by Crippen LogP contribution is 2.39. The molecule has 0 bridgehead atoms. The van der Waals surface area contributed by atoms with E-state index < -0.39 is 35.5 Å². The molecule has 1 unspecified atom stereocenters. The van der Waals surface area contributed by atoms with Gasteiger partial charge in [-0.1, -0.05) is 24.5 Å². The van der Waals surface area contributed by atoms with E-state index in [1.807, 2.05) is 6.92 Å². The zero-order valence-corrected chi connectivity index (χ0v) is 22.3. The zero-order chi connectivity index (χ0) is 27.6. The number of hydrogen-bond donors (Lipinski definition) is 2. The molecule has 13 nitrogen and oxygen atoms in total. The second kappa shape index (κ2) is 11.1. The van der Waals surface area contributed by atoms with Crippen LogP contribution in [0.25, 0.3) is 0 Å². The number of nitrogens with one attached hydrogen (secondary N) is 1. The molecule has 2 aliphatic heterocycles. The fourth-order valence-corrected chi connectivity index (χ4v) is 5.96. The van der Waals surface area contributed by atoms with Gasteiger partial charge in [-0.3, -0.25) is 24.0 Å². The first kappa shape index (κ1) is 27.5. The first-order valence-electron chi connectivity index (χ1n) is 13.3. The topological polar surface area (TPSA) is 170 Å². The van der Waals surface area contributed by atoms with E-state index >= 15 is 0 Å². The van der Waals surface area contributed by atoms with E-state index in [1.165, 1.54) is 38.0 Å². The van der Waals surface area contributed by atoms with Crippen LogP contribution < -0.4 is 11.1 Å². The van der Waals surface area contributed by atoms with E-state index in [-0.39, 0.29) is 30.6 Å². The molecule has 3 heterocycles. The molecule has 2 saturated heterocycles. The summed E-state index contributed by atoms with van der Waals surface area (Å²) in [5, 5.41) is 10.9. The van der Waals surface area contributed by atoms with Crippen molar-refractivity contribution < 1.29 is 28.7 Å². The predicted molar refractivity (Wildman–Crippen MR) is 133 cm³/mol. The summed E-state index contributed by atoms with van der Waals surface area (Å²) in [6, 6.07) is -1.24. The van der Waals surface area contributed by atoms with Crippen LogP contribution in [0.3, 0.4) is 0 Å². The van der Waals surface area contributed by atoms with Crippen molar-refractivity contribution in [3.63, 3.8) is 0 Å². The first-order chi connectivity index (χ1) is 18.0. The normalized spacial score (nSPS) is 23.2. The Bertz CT molecular complexity index is 1110. The number of nitrogens with zero attached hydrogens (tertiary/aromatic N) is 5. The van der Waals surface area contributed by atoms with Gasteiger partial charge in [0.05, 0.1) is 18.8 Å². The van der Waals surface area contributed by atoms with Gasteiger partial charge in [-0.25, -0.2) is 4.68 Å². The largest absolute Gasteiger partial charge is 0.460 e. The van der Waals surface area contributed by atoms with Crippen LogP contribution in [0.1, 0.15) is 75.0 Å². The number of likely N-dealkylation sites (tertiary alicyclic amines) is 2. The average Bonchev–Trinajstić information content (AvgIpc) is 3.47. The lowest BCUT2D eigenvalue weighted by molar-refractivity contribution is -0.161. The minimum absolute atomic E-state index is 0.195. The van der Waals surface area contributed by atoms with Gasteiger partial charge >= 0.3 is 5.97 Å². The summed E-state index contributed by atoms with van der Waals surface area (Å²) in [5.41, 5.74) is 5.30. The van der Waals surface area contributed by atoms with Crippen LogP contribution in [0.15, 0.2) is 0 Å². The van der Waals surface area contributed by atoms with Gasteiger partial charge in [-0.2, -0.15) is 0 Å². The Balaban J connectivity index is 1.38. The molecule has 3 N–H and O–H groups in total. The standard InChI is InChI=1S/C25H37N7O6/c1-15-20(28-29-32(15)12-18-8-5-4-6-9-18)23(36)31-11-7-10-25(31)14-30(24(25)37)13-19(34)27-21(22(26)35)16(2)38-17(3)33/h16,18,21H,4-14H2,1-3H3,(H2,26,35)(H,27,34)/t16-,21+,25?/m1/s1. The molecule has 1 spiro atoms. The zero-order valence-electron chi connectivity index (χ0n) is 22.3. The van der Waals surface area contributed by atoms with Gasteiger partial charge < -0.3 is 25.6 Å². The summed E-state index contributed by atoms with van der Waals surface area (Å²) >= 11 is 0. The molecule has 13 heteroatoms. The monoisotopic (exact) mass is 531 g/mol. The van der Waals surface area contributed by atoms with Crippen molar-refractivity contribution in [2.24, 2.45) is 11.7 Å². The molecule has 4 rings (SSSR count). The van der Waals surface area contributed by atoms with Crippen molar-refractivity contribution in [1.82, 2.24) is 30.1 Å². The molecular weight excluding hydrogens is 494 g/mol. The van der Waals surface area contributed by atoms with Crippen LogP contribution in [-0.4, -0.2) is 91.7 Å². The number of carbonyl (C=O) groups excluding carboxylic acids is 5. The molecule has 1 aromatic rings. The Morgan fingerprint density at radius 1 is 1.18 bits per heavy atom. The molecule has 0 aromatic carbocycles. The van der Waals surface area contributed by atoms with Gasteiger partial charge in [0.1, 0.15) is 17.7 Å². The van der Waals surface area contributed by atoms with Gasteiger partial charge in [0.2, 0.25) is 11.8 Å². The number of rotatable bonds is 9. The third-order valence-corrected chi connectivity index (χ3v) is 7.99. The lowest BCUT2D eigenvalue weighted by atomic mass is 9.85. The number of esters is 1. The number of amides is 4. The molecule has 3 atom stereocenters. The Hall–Kier alpha value is -3.51. The Labute approximate surface area is 221 Å². The van der Waals surface area contributed by atoms with Crippen LogP contribution in [-0.2, 0) is 30.5 Å². The van der Waals surface area contributed by atoms with Crippen LogP contribution in [0.2, 0.25) is 0 Å². The lowest BCUT2D eigenvalue weighted by Gasteiger charge is -2.50. The molecular formula is C25H37N7O6. The fourth-order valence-electron chi connectivity index (χ4n) is 5.96. The molecule has 208 valence electrons. The highest BCUT2D eigenvalue weighted by atomic mass is 16.5. The van der Waals surface area contributed by atoms with Gasteiger partial charge in [-0.05, 0) is 45.4 Å². The van der Waals surface area contributed by atoms with Crippen LogP contribution in [0.5, 0.6) is 0 Å². The van der Waals surface area contributed by atoms with E-state index in [0.29, 0.717) is 31.0 Å². The first-order valence-corrected chi connectivity index (χ1v) is 13.3. The molecule has 1 aliphatic carbocycles. The minimum Gasteiger partial charge on any atom is -0.460 e. The summed E-state index contributed by atoms with van der Waals surface area (Å²) in [5.74, 6) is -2.21. The number of carbonyl (C=O) groups is 5. The molecule has 3 fully saturated rings. The number of hydrogen-bond acceptors (Lipinski definition) is 8. The highest BCUT2D eigenvalue weighted by molar-refractivity contribution is 6.03. The van der Waals surface area contributed by atoms with Crippen LogP contribution >= 0.6 is 0 Å². The number of aromatic nitrogens is 3. The smallest absolute Gasteiger partial charge is 0.302 e. The number of nitrogens with two attached hydrogens (primary N) is 1. The SMILES string of the molecule is CC(=O)O[C@H](C)[C@H](NC(=O)CN1CC2(CCCN2C(=O)c2nnn(CC3CCCCC3)c2C)C1=O)C(N)=O. The minimum atomic E-state index is -1.24. The summed E-state index contributed by atoms with van der Waals surface area (Å²) in [4.78, 5) is 65.2. The molecule has 4 amide bonds.